The molecule has 25 heavy (non-hydrogen) atoms. The van der Waals surface area contributed by atoms with Gasteiger partial charge in [-0.3, -0.25) is 14.7 Å². The van der Waals surface area contributed by atoms with Crippen LogP contribution in [0, 0.1) is 0 Å². The van der Waals surface area contributed by atoms with Gasteiger partial charge in [-0.1, -0.05) is 12.1 Å². The van der Waals surface area contributed by atoms with Crippen molar-refractivity contribution >= 4 is 22.7 Å². The molecule has 2 N–H and O–H groups in total. The molecule has 0 bridgehead atoms. The number of H-pyrrole nitrogens is 1. The van der Waals surface area contributed by atoms with Gasteiger partial charge in [-0.2, -0.15) is 5.10 Å². The molecule has 3 heterocycles. The van der Waals surface area contributed by atoms with Crippen molar-refractivity contribution in [2.75, 3.05) is 13.1 Å². The highest BCUT2D eigenvalue weighted by Gasteiger charge is 2.26. The lowest BCUT2D eigenvalue weighted by Crippen LogP contribution is -2.46. The summed E-state index contributed by atoms with van der Waals surface area (Å²) in [5.74, 6) is -0.143. The SMILES string of the molecule is O=C(NC1CCN(C(=O)c2cccc3cn[nH]c23)CC1)c1ccoc1. The average molecular weight is 338 g/mol. The number of hydrogen-bond acceptors (Lipinski definition) is 4. The first kappa shape index (κ1) is 15.4. The van der Waals surface area contributed by atoms with Gasteiger partial charge in [0.2, 0.25) is 0 Å². The van der Waals surface area contributed by atoms with Gasteiger partial charge in [0.1, 0.15) is 6.26 Å². The van der Waals surface area contributed by atoms with Gasteiger partial charge in [-0.15, -0.1) is 0 Å². The number of nitrogens with zero attached hydrogens (tertiary/aromatic N) is 2. The van der Waals surface area contributed by atoms with Crippen LogP contribution in [0.4, 0.5) is 0 Å². The topological polar surface area (TPSA) is 91.2 Å². The van der Waals surface area contributed by atoms with Crippen molar-refractivity contribution in [3.8, 4) is 0 Å². The summed E-state index contributed by atoms with van der Waals surface area (Å²) in [6.07, 6.45) is 6.08. The minimum atomic E-state index is -0.138. The molecular weight excluding hydrogens is 320 g/mol. The number of rotatable bonds is 3. The van der Waals surface area contributed by atoms with Crippen LogP contribution in [0.3, 0.4) is 0 Å². The molecule has 1 aliphatic rings. The Bertz CT molecular complexity index is 892. The minimum Gasteiger partial charge on any atom is -0.472 e. The predicted molar refractivity (Wildman–Crippen MR) is 91.2 cm³/mol. The van der Waals surface area contributed by atoms with Crippen LogP contribution in [0.2, 0.25) is 0 Å². The van der Waals surface area contributed by atoms with Crippen LogP contribution in [-0.4, -0.2) is 46.0 Å². The second-order valence-electron chi connectivity index (χ2n) is 6.19. The van der Waals surface area contributed by atoms with Crippen molar-refractivity contribution in [1.29, 1.82) is 0 Å². The first-order chi connectivity index (χ1) is 12.2. The second kappa shape index (κ2) is 6.43. The Morgan fingerprint density at radius 3 is 2.84 bits per heavy atom. The van der Waals surface area contributed by atoms with E-state index in [0.29, 0.717) is 24.2 Å². The summed E-state index contributed by atoms with van der Waals surface area (Å²) in [5, 5.41) is 10.8. The zero-order chi connectivity index (χ0) is 17.2. The molecule has 0 aliphatic carbocycles. The van der Waals surface area contributed by atoms with Crippen LogP contribution >= 0.6 is 0 Å². The van der Waals surface area contributed by atoms with E-state index in [1.54, 1.807) is 12.3 Å². The van der Waals surface area contributed by atoms with Gasteiger partial charge in [0.05, 0.1) is 29.1 Å². The molecule has 0 unspecified atom stereocenters. The lowest BCUT2D eigenvalue weighted by Gasteiger charge is -2.32. The fourth-order valence-corrected chi connectivity index (χ4v) is 3.21. The molecule has 128 valence electrons. The fourth-order valence-electron chi connectivity index (χ4n) is 3.21. The second-order valence-corrected chi connectivity index (χ2v) is 6.19. The Morgan fingerprint density at radius 1 is 1.24 bits per heavy atom. The third kappa shape index (κ3) is 3.00. The lowest BCUT2D eigenvalue weighted by atomic mass is 10.0. The van der Waals surface area contributed by atoms with E-state index in [4.69, 9.17) is 4.42 Å². The summed E-state index contributed by atoms with van der Waals surface area (Å²) in [4.78, 5) is 26.7. The lowest BCUT2D eigenvalue weighted by molar-refractivity contribution is 0.0700. The zero-order valence-corrected chi connectivity index (χ0v) is 13.6. The molecule has 0 radical (unpaired) electrons. The number of benzene rings is 1. The third-order valence-corrected chi connectivity index (χ3v) is 4.61. The van der Waals surface area contributed by atoms with Crippen LogP contribution in [0.25, 0.3) is 10.9 Å². The van der Waals surface area contributed by atoms with Gasteiger partial charge < -0.3 is 14.6 Å². The normalized spacial score (nSPS) is 15.4. The first-order valence-electron chi connectivity index (χ1n) is 8.27. The van der Waals surface area contributed by atoms with E-state index < -0.39 is 0 Å². The summed E-state index contributed by atoms with van der Waals surface area (Å²) in [6.45, 7) is 1.22. The maximum atomic E-state index is 12.8. The van der Waals surface area contributed by atoms with Gasteiger partial charge in [0.15, 0.2) is 0 Å². The Kier molecular flexibility index (Phi) is 3.97. The molecule has 2 aromatic heterocycles. The van der Waals surface area contributed by atoms with E-state index in [1.807, 2.05) is 23.1 Å². The molecule has 0 atom stereocenters. The number of piperidine rings is 1. The van der Waals surface area contributed by atoms with Gasteiger partial charge in [0.25, 0.3) is 11.8 Å². The van der Waals surface area contributed by atoms with Gasteiger partial charge in [-0.05, 0) is 25.0 Å². The summed E-state index contributed by atoms with van der Waals surface area (Å²) >= 11 is 0. The van der Waals surface area contributed by atoms with Crippen LogP contribution in [0.1, 0.15) is 33.6 Å². The number of fused-ring (bicyclic) bond motifs is 1. The van der Waals surface area contributed by atoms with E-state index in [-0.39, 0.29) is 17.9 Å². The molecule has 3 aromatic rings. The maximum absolute atomic E-state index is 12.8. The van der Waals surface area contributed by atoms with Crippen LogP contribution in [0.5, 0.6) is 0 Å². The summed E-state index contributed by atoms with van der Waals surface area (Å²) in [7, 11) is 0. The van der Waals surface area contributed by atoms with Crippen LogP contribution < -0.4 is 5.32 Å². The smallest absolute Gasteiger partial charge is 0.256 e. The Labute approximate surface area is 144 Å². The minimum absolute atomic E-state index is 0.00513. The van der Waals surface area contributed by atoms with Crippen molar-refractivity contribution in [2.24, 2.45) is 0 Å². The van der Waals surface area contributed by atoms with Crippen molar-refractivity contribution < 1.29 is 14.0 Å². The largest absolute Gasteiger partial charge is 0.472 e. The fraction of sp³-hybridized carbons (Fsp3) is 0.278. The Morgan fingerprint density at radius 2 is 2.08 bits per heavy atom. The Hall–Kier alpha value is -3.09. The number of likely N-dealkylation sites (tertiary alicyclic amines) is 1. The zero-order valence-electron chi connectivity index (χ0n) is 13.6. The quantitative estimate of drug-likeness (QED) is 0.766. The number of amides is 2. The summed E-state index contributed by atoms with van der Waals surface area (Å²) < 4.78 is 4.93. The number of carbonyl (C=O) groups is 2. The molecule has 1 aromatic carbocycles. The highest BCUT2D eigenvalue weighted by atomic mass is 16.3. The number of aromatic amines is 1. The molecule has 0 saturated carbocycles. The molecule has 1 saturated heterocycles. The molecule has 7 heteroatoms. The van der Waals surface area contributed by atoms with Crippen LogP contribution in [0.15, 0.2) is 47.4 Å². The number of para-hydroxylation sites is 1. The van der Waals surface area contributed by atoms with E-state index in [2.05, 4.69) is 15.5 Å². The third-order valence-electron chi connectivity index (χ3n) is 4.61. The molecular formula is C18H18N4O3. The van der Waals surface area contributed by atoms with Crippen LogP contribution in [-0.2, 0) is 0 Å². The molecule has 0 spiro atoms. The maximum Gasteiger partial charge on any atom is 0.256 e. The van der Waals surface area contributed by atoms with Gasteiger partial charge in [-0.25, -0.2) is 0 Å². The molecule has 1 aliphatic heterocycles. The van der Waals surface area contributed by atoms with E-state index in [0.717, 1.165) is 23.7 Å². The highest BCUT2D eigenvalue weighted by molar-refractivity contribution is 6.05. The molecule has 1 fully saturated rings. The number of aromatic nitrogens is 2. The van der Waals surface area contributed by atoms with E-state index in [1.165, 1.54) is 12.5 Å². The van der Waals surface area contributed by atoms with E-state index >= 15 is 0 Å². The highest BCUT2D eigenvalue weighted by Crippen LogP contribution is 2.20. The Balaban J connectivity index is 1.39. The molecule has 4 rings (SSSR count). The van der Waals surface area contributed by atoms with Crippen molar-refractivity contribution in [2.45, 2.75) is 18.9 Å². The van der Waals surface area contributed by atoms with Gasteiger partial charge in [0, 0.05) is 24.5 Å². The predicted octanol–water partition coefficient (Wildman–Crippen LogP) is 2.19. The number of nitrogens with one attached hydrogen (secondary N) is 2. The number of hydrogen-bond donors (Lipinski definition) is 2. The number of carbonyl (C=O) groups excluding carboxylic acids is 2. The summed E-state index contributed by atoms with van der Waals surface area (Å²) in [5.41, 5.74) is 1.92. The monoisotopic (exact) mass is 338 g/mol. The van der Waals surface area contributed by atoms with Gasteiger partial charge >= 0.3 is 0 Å². The molecule has 2 amide bonds. The number of furan rings is 1. The van der Waals surface area contributed by atoms with Crippen molar-refractivity contribution in [3.63, 3.8) is 0 Å². The summed E-state index contributed by atoms with van der Waals surface area (Å²) in [6, 6.07) is 7.31. The average Bonchev–Trinajstić information content (AvgIpc) is 3.33. The van der Waals surface area contributed by atoms with E-state index in [9.17, 15) is 9.59 Å². The van der Waals surface area contributed by atoms with Crippen molar-refractivity contribution in [3.05, 3.63) is 54.1 Å². The standard InChI is InChI=1S/C18H18N4O3/c23-17(13-6-9-25-11-13)20-14-4-7-22(8-5-14)18(24)15-3-1-2-12-10-19-21-16(12)15/h1-3,6,9-11,14H,4-5,7-8H2,(H,19,21)(H,20,23). The van der Waals surface area contributed by atoms with Crippen molar-refractivity contribution in [1.82, 2.24) is 20.4 Å². The molecule has 7 nitrogen and oxygen atoms in total. The first-order valence-corrected chi connectivity index (χ1v) is 8.27.